The average molecular weight is 177 g/mol. The topological polar surface area (TPSA) is 0 Å². The minimum atomic E-state index is 1.06. The Balaban J connectivity index is -0.000000109. The Labute approximate surface area is 77.0 Å². The van der Waals surface area contributed by atoms with E-state index in [4.69, 9.17) is 11.6 Å². The Morgan fingerprint density at radius 1 is 1.45 bits per heavy atom. The molecule has 0 aromatic heterocycles. The molecule has 0 aliphatic carbocycles. The summed E-state index contributed by atoms with van der Waals surface area (Å²) in [5.41, 5.74) is 2.84. The van der Waals surface area contributed by atoms with Crippen molar-refractivity contribution in [3.8, 4) is 0 Å². The molecule has 0 saturated heterocycles. The number of hydrogen-bond donors (Lipinski definition) is 0. The van der Waals surface area contributed by atoms with Crippen LogP contribution in [0.25, 0.3) is 0 Å². The van der Waals surface area contributed by atoms with Gasteiger partial charge in [0.25, 0.3) is 0 Å². The molecule has 0 unspecified atom stereocenters. The molecule has 0 atom stereocenters. The summed E-state index contributed by atoms with van der Waals surface area (Å²) in [6, 6.07) is 0. The van der Waals surface area contributed by atoms with Crippen molar-refractivity contribution in [3.63, 3.8) is 0 Å². The molecule has 0 aromatic rings. The number of halogens is 1. The molecule has 0 bridgehead atoms. The lowest BCUT2D eigenvalue weighted by atomic mass is 10.3. The highest BCUT2D eigenvalue weighted by molar-refractivity contribution is 6.25. The highest BCUT2D eigenvalue weighted by atomic mass is 35.5. The summed E-state index contributed by atoms with van der Waals surface area (Å²) in [5.74, 6) is 0. The Morgan fingerprint density at radius 2 is 1.73 bits per heavy atom. The largest absolute Gasteiger partial charge is 0.103 e. The van der Waals surface area contributed by atoms with E-state index in [-0.39, 0.29) is 0 Å². The van der Waals surface area contributed by atoms with Gasteiger partial charge in [-0.2, -0.15) is 0 Å². The average Bonchev–Trinajstić information content (AvgIpc) is 2.08. The predicted octanol–water partition coefficient (Wildman–Crippen LogP) is 4.76. The van der Waals surface area contributed by atoms with Gasteiger partial charge >= 0.3 is 0 Å². The Hall–Kier alpha value is -0.230. The van der Waals surface area contributed by atoms with Gasteiger partial charge in [0, 0.05) is 5.54 Å². The standard InChI is InChI=1S/C5H9Cl.C3H6.C2H6/c1-3-5(2)4-6;1-3-2;1-2/h4H,3H2,1-2H3;3H,1H2,2H3;1-2H3/b5-4-;;. The zero-order valence-corrected chi connectivity index (χ0v) is 9.20. The third-order valence-corrected chi connectivity index (χ3v) is 1.12. The summed E-state index contributed by atoms with van der Waals surface area (Å²) in [5, 5.41) is 0. The molecule has 11 heavy (non-hydrogen) atoms. The van der Waals surface area contributed by atoms with E-state index in [9.17, 15) is 0 Å². The van der Waals surface area contributed by atoms with Crippen molar-refractivity contribution in [1.29, 1.82) is 0 Å². The maximum absolute atomic E-state index is 5.29. The van der Waals surface area contributed by atoms with Crippen LogP contribution in [0.2, 0.25) is 0 Å². The van der Waals surface area contributed by atoms with Gasteiger partial charge in [0.2, 0.25) is 0 Å². The highest BCUT2D eigenvalue weighted by Crippen LogP contribution is 1.97. The molecule has 0 spiro atoms. The minimum absolute atomic E-state index is 1.06. The molecule has 0 aliphatic heterocycles. The first-order valence-corrected chi connectivity index (χ1v) is 4.49. The van der Waals surface area contributed by atoms with Gasteiger partial charge in [-0.15, -0.1) is 6.58 Å². The molecule has 0 radical (unpaired) electrons. The van der Waals surface area contributed by atoms with E-state index in [0.29, 0.717) is 0 Å². The fourth-order valence-corrected chi connectivity index (χ4v) is 0.231. The van der Waals surface area contributed by atoms with Crippen LogP contribution in [0.1, 0.15) is 41.0 Å². The van der Waals surface area contributed by atoms with E-state index in [1.165, 1.54) is 5.57 Å². The van der Waals surface area contributed by atoms with Crippen LogP contribution in [0.4, 0.5) is 0 Å². The van der Waals surface area contributed by atoms with Gasteiger partial charge in [-0.05, 0) is 20.3 Å². The van der Waals surface area contributed by atoms with E-state index >= 15 is 0 Å². The van der Waals surface area contributed by atoms with E-state index < -0.39 is 0 Å². The Bertz CT molecular complexity index is 82.9. The second kappa shape index (κ2) is 22.6. The van der Waals surface area contributed by atoms with Crippen LogP contribution in [0.5, 0.6) is 0 Å². The van der Waals surface area contributed by atoms with Gasteiger partial charge in [0.15, 0.2) is 0 Å². The molecular formula is C10H21Cl. The van der Waals surface area contributed by atoms with Crippen molar-refractivity contribution in [2.75, 3.05) is 0 Å². The van der Waals surface area contributed by atoms with Crippen molar-refractivity contribution in [1.82, 2.24) is 0 Å². The smallest absolute Gasteiger partial charge is 0.00315 e. The summed E-state index contributed by atoms with van der Waals surface area (Å²) >= 11 is 5.29. The lowest BCUT2D eigenvalue weighted by molar-refractivity contribution is 1.11. The molecule has 0 rings (SSSR count). The van der Waals surface area contributed by atoms with E-state index in [1.807, 2.05) is 27.7 Å². The molecule has 0 saturated carbocycles. The monoisotopic (exact) mass is 176 g/mol. The zero-order chi connectivity index (χ0) is 9.70. The normalized spacial score (nSPS) is 8.36. The molecule has 1 heteroatoms. The third-order valence-electron chi connectivity index (χ3n) is 0.744. The molecule has 68 valence electrons. The Kier molecular flexibility index (Phi) is 34.9. The van der Waals surface area contributed by atoms with Crippen LogP contribution >= 0.6 is 11.6 Å². The zero-order valence-electron chi connectivity index (χ0n) is 8.45. The number of hydrogen-bond acceptors (Lipinski definition) is 0. The molecule has 0 amide bonds. The first kappa shape index (κ1) is 17.0. The third kappa shape index (κ3) is 41.5. The lowest BCUT2D eigenvalue weighted by Crippen LogP contribution is -1.62. The van der Waals surface area contributed by atoms with E-state index in [0.717, 1.165) is 6.42 Å². The lowest BCUT2D eigenvalue weighted by Gasteiger charge is -1.83. The van der Waals surface area contributed by atoms with Gasteiger partial charge in [-0.1, -0.05) is 44.0 Å². The molecule has 0 aromatic carbocycles. The first-order valence-electron chi connectivity index (χ1n) is 4.05. The molecule has 0 fully saturated rings. The summed E-state index contributed by atoms with van der Waals surface area (Å²) < 4.78 is 0. The molecule has 0 heterocycles. The van der Waals surface area contributed by atoms with E-state index in [2.05, 4.69) is 13.5 Å². The molecule has 0 aliphatic rings. The minimum Gasteiger partial charge on any atom is -0.103 e. The van der Waals surface area contributed by atoms with Crippen molar-refractivity contribution in [2.24, 2.45) is 0 Å². The van der Waals surface area contributed by atoms with Gasteiger partial charge in [0.1, 0.15) is 0 Å². The fourth-order valence-electron chi connectivity index (χ4n) is 0.0772. The summed E-state index contributed by atoms with van der Waals surface area (Å²) in [6.07, 6.45) is 2.81. The maximum Gasteiger partial charge on any atom is 0.00315 e. The second-order valence-corrected chi connectivity index (χ2v) is 1.94. The van der Waals surface area contributed by atoms with Crippen LogP contribution in [-0.2, 0) is 0 Å². The maximum atomic E-state index is 5.29. The van der Waals surface area contributed by atoms with Crippen molar-refractivity contribution >= 4 is 11.6 Å². The van der Waals surface area contributed by atoms with E-state index in [1.54, 1.807) is 11.6 Å². The van der Waals surface area contributed by atoms with Crippen LogP contribution in [0, 0.1) is 0 Å². The predicted molar refractivity (Wildman–Crippen MR) is 57.1 cm³/mol. The van der Waals surface area contributed by atoms with Crippen LogP contribution < -0.4 is 0 Å². The first-order chi connectivity index (χ1) is 5.22. The molecule has 0 nitrogen and oxygen atoms in total. The SMILES string of the molecule is C=CC.CC.CC/C(C)=C\Cl. The van der Waals surface area contributed by atoms with Crippen molar-refractivity contribution < 1.29 is 0 Å². The Morgan fingerprint density at radius 3 is 1.73 bits per heavy atom. The number of rotatable bonds is 1. The van der Waals surface area contributed by atoms with Crippen molar-refractivity contribution in [3.05, 3.63) is 23.8 Å². The van der Waals surface area contributed by atoms with Gasteiger partial charge in [-0.25, -0.2) is 0 Å². The van der Waals surface area contributed by atoms with Crippen LogP contribution in [-0.4, -0.2) is 0 Å². The van der Waals surface area contributed by atoms with Gasteiger partial charge in [0.05, 0.1) is 0 Å². The van der Waals surface area contributed by atoms with Crippen LogP contribution in [0.15, 0.2) is 23.8 Å². The van der Waals surface area contributed by atoms with Gasteiger partial charge in [-0.3, -0.25) is 0 Å². The quantitative estimate of drug-likeness (QED) is 0.506. The molecular weight excluding hydrogens is 156 g/mol. The molecule has 0 N–H and O–H groups in total. The summed E-state index contributed by atoms with van der Waals surface area (Å²) in [4.78, 5) is 0. The van der Waals surface area contributed by atoms with Crippen LogP contribution in [0.3, 0.4) is 0 Å². The second-order valence-electron chi connectivity index (χ2n) is 1.72. The van der Waals surface area contributed by atoms with Crippen molar-refractivity contribution in [2.45, 2.75) is 41.0 Å². The fraction of sp³-hybridized carbons (Fsp3) is 0.600. The summed E-state index contributed by atoms with van der Waals surface area (Å²) in [6.45, 7) is 13.3. The van der Waals surface area contributed by atoms with Gasteiger partial charge < -0.3 is 0 Å². The summed E-state index contributed by atoms with van der Waals surface area (Å²) in [7, 11) is 0. The highest BCUT2D eigenvalue weighted by Gasteiger charge is 1.74. The number of allylic oxidation sites excluding steroid dienone is 2.